The number of sulfonamides is 1. The van der Waals surface area contributed by atoms with E-state index in [1.807, 2.05) is 19.2 Å². The number of carbonyl (C=O) groups excluding carboxylic acids is 3. The zero-order chi connectivity index (χ0) is 21.5. The highest BCUT2D eigenvalue weighted by molar-refractivity contribution is 7.89. The van der Waals surface area contributed by atoms with Gasteiger partial charge in [0, 0.05) is 13.1 Å². The van der Waals surface area contributed by atoms with Crippen molar-refractivity contribution < 1.29 is 27.5 Å². The number of nitrogens with one attached hydrogen (secondary N) is 3. The van der Waals surface area contributed by atoms with Gasteiger partial charge in [0.1, 0.15) is 4.90 Å². The van der Waals surface area contributed by atoms with Crippen LogP contribution < -0.4 is 15.4 Å². The van der Waals surface area contributed by atoms with Crippen LogP contribution in [0.5, 0.6) is 0 Å². The number of rotatable bonds is 8. The van der Waals surface area contributed by atoms with E-state index in [1.165, 1.54) is 0 Å². The van der Waals surface area contributed by atoms with Gasteiger partial charge >= 0.3 is 12.0 Å². The zero-order valence-corrected chi connectivity index (χ0v) is 17.8. The molecule has 0 heterocycles. The summed E-state index contributed by atoms with van der Waals surface area (Å²) in [4.78, 5) is 34.6. The van der Waals surface area contributed by atoms with Gasteiger partial charge in [-0.25, -0.2) is 22.7 Å². The lowest BCUT2D eigenvalue weighted by atomic mass is 10.2. The first-order valence-corrected chi connectivity index (χ1v) is 10.4. The molecule has 0 unspecified atom stereocenters. The highest BCUT2D eigenvalue weighted by Crippen LogP contribution is 2.29. The van der Waals surface area contributed by atoms with Gasteiger partial charge < -0.3 is 10.1 Å². The predicted molar refractivity (Wildman–Crippen MR) is 104 cm³/mol. The monoisotopic (exact) mass is 453 g/mol. The van der Waals surface area contributed by atoms with E-state index in [4.69, 9.17) is 27.9 Å². The second kappa shape index (κ2) is 10.6. The van der Waals surface area contributed by atoms with Crippen LogP contribution in [-0.4, -0.2) is 46.0 Å². The third-order valence-corrected chi connectivity index (χ3v) is 5.34. The van der Waals surface area contributed by atoms with E-state index in [1.54, 1.807) is 6.92 Å². The summed E-state index contributed by atoms with van der Waals surface area (Å²) in [5, 5.41) is 3.96. The Bertz CT molecular complexity index is 858. The van der Waals surface area contributed by atoms with Crippen molar-refractivity contribution in [3.8, 4) is 0 Å². The van der Waals surface area contributed by atoms with Crippen molar-refractivity contribution in [2.75, 3.05) is 19.7 Å². The van der Waals surface area contributed by atoms with E-state index in [0.29, 0.717) is 6.54 Å². The number of hydrogen-bond acceptors (Lipinski definition) is 6. The molecule has 9 nitrogen and oxygen atoms in total. The van der Waals surface area contributed by atoms with Crippen molar-refractivity contribution in [2.24, 2.45) is 5.92 Å². The lowest BCUT2D eigenvalue weighted by Gasteiger charge is -2.12. The van der Waals surface area contributed by atoms with E-state index in [0.717, 1.165) is 12.1 Å². The molecule has 0 aliphatic carbocycles. The first-order valence-electron chi connectivity index (χ1n) is 8.21. The van der Waals surface area contributed by atoms with E-state index in [9.17, 15) is 22.8 Å². The molecule has 0 spiro atoms. The molecule has 0 saturated heterocycles. The number of carbonyl (C=O) groups is 3. The lowest BCUT2D eigenvalue weighted by Crippen LogP contribution is -2.41. The van der Waals surface area contributed by atoms with E-state index < -0.39 is 34.5 Å². The third-order valence-electron chi connectivity index (χ3n) is 3.14. The molecule has 3 N–H and O–H groups in total. The number of ether oxygens (including phenoxy) is 1. The molecule has 0 aliphatic rings. The fourth-order valence-electron chi connectivity index (χ4n) is 1.82. The maximum atomic E-state index is 12.4. The zero-order valence-electron chi connectivity index (χ0n) is 15.5. The summed E-state index contributed by atoms with van der Waals surface area (Å²) in [5.41, 5.74) is -0.290. The fourth-order valence-corrected chi connectivity index (χ4v) is 3.88. The molecule has 0 bridgehead atoms. The molecular formula is C16H21Cl2N3O6S. The maximum absolute atomic E-state index is 12.4. The van der Waals surface area contributed by atoms with Crippen LogP contribution in [-0.2, 0) is 19.6 Å². The van der Waals surface area contributed by atoms with E-state index >= 15 is 0 Å². The third kappa shape index (κ3) is 7.27. The number of esters is 1. The minimum atomic E-state index is -3.99. The molecule has 0 atom stereocenters. The summed E-state index contributed by atoms with van der Waals surface area (Å²) in [6.07, 6.45) is 0. The summed E-state index contributed by atoms with van der Waals surface area (Å²) >= 11 is 11.9. The Balaban J connectivity index is 2.94. The number of benzene rings is 1. The van der Waals surface area contributed by atoms with E-state index in [-0.39, 0.29) is 33.0 Å². The van der Waals surface area contributed by atoms with Gasteiger partial charge in [-0.1, -0.05) is 37.0 Å². The highest BCUT2D eigenvalue weighted by atomic mass is 35.5. The SMILES string of the molecule is CCNC(=O)NC(=O)COC(=O)c1cc(S(=O)(=O)NCC(C)C)c(Cl)cc1Cl. The molecule has 0 saturated carbocycles. The lowest BCUT2D eigenvalue weighted by molar-refractivity contribution is -0.123. The topological polar surface area (TPSA) is 131 Å². The number of urea groups is 1. The Hall–Kier alpha value is -1.88. The van der Waals surface area contributed by atoms with Gasteiger partial charge in [-0.2, -0.15) is 0 Å². The largest absolute Gasteiger partial charge is 0.452 e. The molecule has 0 aliphatic heterocycles. The molecule has 28 heavy (non-hydrogen) atoms. The predicted octanol–water partition coefficient (Wildman–Crippen LogP) is 1.93. The molecule has 0 radical (unpaired) electrons. The molecule has 1 rings (SSSR count). The molecule has 1 aromatic rings. The fraction of sp³-hybridized carbons (Fsp3) is 0.438. The van der Waals surface area contributed by atoms with Crippen molar-refractivity contribution in [3.05, 3.63) is 27.7 Å². The summed E-state index contributed by atoms with van der Waals surface area (Å²) in [6, 6.07) is 1.33. The summed E-state index contributed by atoms with van der Waals surface area (Å²) in [7, 11) is -3.99. The van der Waals surface area contributed by atoms with Crippen molar-refractivity contribution >= 4 is 51.1 Å². The second-order valence-corrected chi connectivity index (χ2v) is 8.54. The average Bonchev–Trinajstić information content (AvgIpc) is 2.58. The molecule has 0 fully saturated rings. The Morgan fingerprint density at radius 3 is 2.36 bits per heavy atom. The Labute approximate surface area is 173 Å². The van der Waals surface area contributed by atoms with Gasteiger partial charge in [0.25, 0.3) is 5.91 Å². The van der Waals surface area contributed by atoms with Crippen LogP contribution in [0.1, 0.15) is 31.1 Å². The highest BCUT2D eigenvalue weighted by Gasteiger charge is 2.24. The van der Waals surface area contributed by atoms with Crippen LogP contribution in [0.4, 0.5) is 4.79 Å². The minimum Gasteiger partial charge on any atom is -0.452 e. The normalized spacial score (nSPS) is 11.2. The molecular weight excluding hydrogens is 433 g/mol. The van der Waals surface area contributed by atoms with Crippen LogP contribution in [0.2, 0.25) is 10.0 Å². The molecule has 0 aromatic heterocycles. The summed E-state index contributed by atoms with van der Waals surface area (Å²) in [5.74, 6) is -1.86. The molecule has 3 amide bonds. The first-order chi connectivity index (χ1) is 13.0. The van der Waals surface area contributed by atoms with Crippen LogP contribution in [0.15, 0.2) is 17.0 Å². The van der Waals surface area contributed by atoms with Crippen LogP contribution in [0, 0.1) is 5.92 Å². The van der Waals surface area contributed by atoms with Crippen LogP contribution in [0.25, 0.3) is 0 Å². The Morgan fingerprint density at radius 1 is 1.14 bits per heavy atom. The first kappa shape index (κ1) is 24.2. The number of hydrogen-bond donors (Lipinski definition) is 3. The van der Waals surface area contributed by atoms with Gasteiger partial charge in [-0.05, 0) is 25.0 Å². The van der Waals surface area contributed by atoms with Gasteiger partial charge in [-0.3, -0.25) is 10.1 Å². The smallest absolute Gasteiger partial charge is 0.340 e. The van der Waals surface area contributed by atoms with Crippen LogP contribution in [0.3, 0.4) is 0 Å². The van der Waals surface area contributed by atoms with Crippen molar-refractivity contribution in [1.29, 1.82) is 0 Å². The van der Waals surface area contributed by atoms with E-state index in [2.05, 4.69) is 10.0 Å². The van der Waals surface area contributed by atoms with Gasteiger partial charge in [0.05, 0.1) is 15.6 Å². The number of halogens is 2. The van der Waals surface area contributed by atoms with Gasteiger partial charge in [0.2, 0.25) is 10.0 Å². The van der Waals surface area contributed by atoms with Gasteiger partial charge in [-0.15, -0.1) is 0 Å². The number of imide groups is 1. The van der Waals surface area contributed by atoms with Crippen molar-refractivity contribution in [2.45, 2.75) is 25.7 Å². The average molecular weight is 454 g/mol. The summed E-state index contributed by atoms with van der Waals surface area (Å²) < 4.78 is 31.9. The molecule has 156 valence electrons. The standard InChI is InChI=1S/C16H21Cl2N3O6S/c1-4-19-16(24)21-14(22)8-27-15(23)10-5-13(12(18)6-11(10)17)28(25,26)20-7-9(2)3/h5-6,9,20H,4,7-8H2,1-3H3,(H2,19,21,22,24). The quantitative estimate of drug-likeness (QED) is 0.515. The second-order valence-electron chi connectivity index (χ2n) is 5.99. The Morgan fingerprint density at radius 2 is 1.79 bits per heavy atom. The maximum Gasteiger partial charge on any atom is 0.340 e. The Kier molecular flexibility index (Phi) is 9.15. The van der Waals surface area contributed by atoms with Crippen LogP contribution >= 0.6 is 23.2 Å². The summed E-state index contributed by atoms with van der Waals surface area (Å²) in [6.45, 7) is 5.01. The minimum absolute atomic E-state index is 0.0497. The number of amides is 3. The molecule has 12 heteroatoms. The molecule has 1 aromatic carbocycles. The van der Waals surface area contributed by atoms with Gasteiger partial charge in [0.15, 0.2) is 6.61 Å². The van der Waals surface area contributed by atoms with Crippen molar-refractivity contribution in [3.63, 3.8) is 0 Å². The van der Waals surface area contributed by atoms with Crippen molar-refractivity contribution in [1.82, 2.24) is 15.4 Å².